The summed E-state index contributed by atoms with van der Waals surface area (Å²) in [7, 11) is 0. The van der Waals surface area contributed by atoms with Crippen molar-refractivity contribution in [1.29, 1.82) is 0 Å². The summed E-state index contributed by atoms with van der Waals surface area (Å²) in [5.41, 5.74) is 2.79. The zero-order valence-corrected chi connectivity index (χ0v) is 16.2. The third kappa shape index (κ3) is 5.23. The zero-order valence-electron chi connectivity index (χ0n) is 16.2. The quantitative estimate of drug-likeness (QED) is 0.495. The number of aromatic nitrogens is 2. The van der Waals surface area contributed by atoms with E-state index in [4.69, 9.17) is 4.74 Å². The van der Waals surface area contributed by atoms with Crippen LogP contribution in [0.3, 0.4) is 0 Å². The van der Waals surface area contributed by atoms with Gasteiger partial charge in [-0.2, -0.15) is 0 Å². The van der Waals surface area contributed by atoms with E-state index >= 15 is 0 Å². The van der Waals surface area contributed by atoms with Gasteiger partial charge in [0.25, 0.3) is 0 Å². The average molecular weight is 382 g/mol. The SMILES string of the molecule is Cc1cccc(OCCNC(=O)Cn2c(NC[C@H](C)O)nc3ccccc32)c1. The Labute approximate surface area is 164 Å². The summed E-state index contributed by atoms with van der Waals surface area (Å²) < 4.78 is 7.47. The summed E-state index contributed by atoms with van der Waals surface area (Å²) in [5.74, 6) is 1.23. The van der Waals surface area contributed by atoms with E-state index in [0.717, 1.165) is 22.3 Å². The van der Waals surface area contributed by atoms with E-state index in [0.29, 0.717) is 25.6 Å². The molecule has 0 aliphatic heterocycles. The maximum atomic E-state index is 12.4. The van der Waals surface area contributed by atoms with E-state index in [-0.39, 0.29) is 12.5 Å². The Morgan fingerprint density at radius 1 is 1.25 bits per heavy atom. The molecule has 1 heterocycles. The van der Waals surface area contributed by atoms with Gasteiger partial charge >= 0.3 is 0 Å². The van der Waals surface area contributed by atoms with Crippen molar-refractivity contribution in [2.75, 3.05) is 25.0 Å². The molecule has 3 rings (SSSR count). The number of ether oxygens (including phenoxy) is 1. The predicted molar refractivity (Wildman–Crippen MR) is 110 cm³/mol. The minimum Gasteiger partial charge on any atom is -0.492 e. The fourth-order valence-electron chi connectivity index (χ4n) is 2.87. The van der Waals surface area contributed by atoms with E-state index in [1.165, 1.54) is 0 Å². The van der Waals surface area contributed by atoms with E-state index in [1.54, 1.807) is 6.92 Å². The first kappa shape index (κ1) is 19.7. The van der Waals surface area contributed by atoms with Crippen LogP contribution < -0.4 is 15.4 Å². The van der Waals surface area contributed by atoms with E-state index in [2.05, 4.69) is 15.6 Å². The first-order chi connectivity index (χ1) is 13.5. The number of hydrogen-bond acceptors (Lipinski definition) is 5. The number of benzene rings is 2. The van der Waals surface area contributed by atoms with Crippen LogP contribution in [0.5, 0.6) is 5.75 Å². The van der Waals surface area contributed by atoms with Gasteiger partial charge in [0.2, 0.25) is 11.9 Å². The molecule has 0 spiro atoms. The number of anilines is 1. The highest BCUT2D eigenvalue weighted by Crippen LogP contribution is 2.19. The predicted octanol–water partition coefficient (Wildman–Crippen LogP) is 2.33. The molecule has 0 saturated heterocycles. The Hall–Kier alpha value is -3.06. The lowest BCUT2D eigenvalue weighted by molar-refractivity contribution is -0.121. The first-order valence-electron chi connectivity index (χ1n) is 9.36. The zero-order chi connectivity index (χ0) is 19.9. The largest absolute Gasteiger partial charge is 0.492 e. The molecule has 3 aromatic rings. The summed E-state index contributed by atoms with van der Waals surface area (Å²) in [6.07, 6.45) is -0.513. The van der Waals surface area contributed by atoms with Gasteiger partial charge in [0.05, 0.1) is 23.7 Å². The highest BCUT2D eigenvalue weighted by molar-refractivity contribution is 5.83. The molecule has 1 aromatic heterocycles. The van der Waals surface area contributed by atoms with Crippen molar-refractivity contribution in [2.45, 2.75) is 26.5 Å². The monoisotopic (exact) mass is 382 g/mol. The van der Waals surface area contributed by atoms with Gasteiger partial charge in [0.15, 0.2) is 0 Å². The minimum atomic E-state index is -0.513. The molecule has 0 unspecified atom stereocenters. The van der Waals surface area contributed by atoms with Crippen molar-refractivity contribution < 1.29 is 14.6 Å². The van der Waals surface area contributed by atoms with Crippen molar-refractivity contribution in [3.8, 4) is 5.75 Å². The number of nitrogens with one attached hydrogen (secondary N) is 2. The lowest BCUT2D eigenvalue weighted by atomic mass is 10.2. The van der Waals surface area contributed by atoms with Crippen LogP contribution in [0, 0.1) is 6.92 Å². The number of carbonyl (C=O) groups is 1. The highest BCUT2D eigenvalue weighted by atomic mass is 16.5. The number of aliphatic hydroxyl groups excluding tert-OH is 1. The molecule has 0 saturated carbocycles. The molecule has 0 radical (unpaired) electrons. The van der Waals surface area contributed by atoms with Crippen LogP contribution in [0.1, 0.15) is 12.5 Å². The van der Waals surface area contributed by atoms with Gasteiger partial charge in [0.1, 0.15) is 18.9 Å². The number of rotatable bonds is 9. The van der Waals surface area contributed by atoms with E-state index < -0.39 is 6.10 Å². The molecule has 7 nitrogen and oxygen atoms in total. The van der Waals surface area contributed by atoms with E-state index in [9.17, 15) is 9.90 Å². The molecule has 0 aliphatic rings. The fourth-order valence-corrected chi connectivity index (χ4v) is 2.87. The summed E-state index contributed by atoms with van der Waals surface area (Å²) in [4.78, 5) is 16.9. The molecule has 0 fully saturated rings. The van der Waals surface area contributed by atoms with Crippen molar-refractivity contribution in [3.63, 3.8) is 0 Å². The summed E-state index contributed by atoms with van der Waals surface area (Å²) >= 11 is 0. The maximum Gasteiger partial charge on any atom is 0.240 e. The Bertz CT molecular complexity index is 936. The lowest BCUT2D eigenvalue weighted by Crippen LogP contribution is -2.31. The van der Waals surface area contributed by atoms with Crippen LogP contribution in [0.15, 0.2) is 48.5 Å². The van der Waals surface area contributed by atoms with Crippen molar-refractivity contribution in [1.82, 2.24) is 14.9 Å². The number of fused-ring (bicyclic) bond motifs is 1. The summed E-state index contributed by atoms with van der Waals surface area (Å²) in [6, 6.07) is 15.4. The summed E-state index contributed by atoms with van der Waals surface area (Å²) in [6.45, 7) is 5.00. The van der Waals surface area contributed by atoms with Gasteiger partial charge in [-0.15, -0.1) is 0 Å². The Kier molecular flexibility index (Phi) is 6.49. The van der Waals surface area contributed by atoms with Gasteiger partial charge in [0, 0.05) is 6.54 Å². The van der Waals surface area contributed by atoms with Crippen molar-refractivity contribution >= 4 is 22.9 Å². The van der Waals surface area contributed by atoms with Crippen LogP contribution in [0.2, 0.25) is 0 Å². The van der Waals surface area contributed by atoms with Crippen LogP contribution in [-0.2, 0) is 11.3 Å². The van der Waals surface area contributed by atoms with Gasteiger partial charge in [-0.05, 0) is 43.7 Å². The minimum absolute atomic E-state index is 0.129. The van der Waals surface area contributed by atoms with Gasteiger partial charge < -0.3 is 25.0 Å². The number of imidazole rings is 1. The second-order valence-electron chi connectivity index (χ2n) is 6.76. The second-order valence-corrected chi connectivity index (χ2v) is 6.76. The Morgan fingerprint density at radius 3 is 2.86 bits per heavy atom. The molecule has 3 N–H and O–H groups in total. The van der Waals surface area contributed by atoms with Crippen LogP contribution >= 0.6 is 0 Å². The standard InChI is InChI=1S/C21H26N4O3/c1-15-6-5-7-17(12-15)28-11-10-22-20(27)14-25-19-9-4-3-8-18(19)24-21(25)23-13-16(2)26/h3-9,12,16,26H,10-11,13-14H2,1-2H3,(H,22,27)(H,23,24)/t16-/m0/s1. The molecule has 0 aliphatic carbocycles. The number of carbonyl (C=O) groups excluding carboxylic acids is 1. The fraction of sp³-hybridized carbons (Fsp3) is 0.333. The van der Waals surface area contributed by atoms with Crippen LogP contribution in [0.25, 0.3) is 11.0 Å². The molecule has 2 aromatic carbocycles. The van der Waals surface area contributed by atoms with Gasteiger partial charge in [-0.1, -0.05) is 24.3 Å². The number of hydrogen-bond donors (Lipinski definition) is 3. The molecule has 1 atom stereocenters. The smallest absolute Gasteiger partial charge is 0.240 e. The summed E-state index contributed by atoms with van der Waals surface area (Å²) in [5, 5.41) is 15.5. The highest BCUT2D eigenvalue weighted by Gasteiger charge is 2.13. The Balaban J connectivity index is 1.58. The number of amides is 1. The van der Waals surface area contributed by atoms with Crippen molar-refractivity contribution in [2.24, 2.45) is 0 Å². The topological polar surface area (TPSA) is 88.4 Å². The molecule has 28 heavy (non-hydrogen) atoms. The normalized spacial score (nSPS) is 12.0. The van der Waals surface area contributed by atoms with Gasteiger partial charge in [-0.25, -0.2) is 4.98 Å². The van der Waals surface area contributed by atoms with Crippen LogP contribution in [0.4, 0.5) is 5.95 Å². The van der Waals surface area contributed by atoms with Crippen molar-refractivity contribution in [3.05, 3.63) is 54.1 Å². The molecule has 1 amide bonds. The maximum absolute atomic E-state index is 12.4. The third-order valence-corrected chi connectivity index (χ3v) is 4.19. The number of aliphatic hydroxyl groups is 1. The second kappa shape index (κ2) is 9.23. The average Bonchev–Trinajstić information content (AvgIpc) is 3.01. The first-order valence-corrected chi connectivity index (χ1v) is 9.36. The number of nitrogens with zero attached hydrogens (tertiary/aromatic N) is 2. The van der Waals surface area contributed by atoms with E-state index in [1.807, 2.05) is 60.0 Å². The Morgan fingerprint density at radius 2 is 2.07 bits per heavy atom. The lowest BCUT2D eigenvalue weighted by Gasteiger charge is -2.12. The molecule has 0 bridgehead atoms. The van der Waals surface area contributed by atoms with Crippen LogP contribution in [-0.4, -0.2) is 46.4 Å². The molecule has 148 valence electrons. The van der Waals surface area contributed by atoms with Gasteiger partial charge in [-0.3, -0.25) is 4.79 Å². The third-order valence-electron chi connectivity index (χ3n) is 4.19. The number of aryl methyl sites for hydroxylation is 1. The molecular formula is C21H26N4O3. The number of para-hydroxylation sites is 2. The molecular weight excluding hydrogens is 356 g/mol. The molecule has 7 heteroatoms.